The van der Waals surface area contributed by atoms with Crippen LogP contribution in [0.2, 0.25) is 0 Å². The lowest BCUT2D eigenvalue weighted by Crippen LogP contribution is -2.47. The predicted molar refractivity (Wildman–Crippen MR) is 100 cm³/mol. The number of carbonyl (C=O) groups excluding carboxylic acids is 1. The molecule has 3 rings (SSSR count). The minimum atomic E-state index is -0.207. The molecule has 2 heterocycles. The van der Waals surface area contributed by atoms with Crippen molar-refractivity contribution in [2.75, 3.05) is 42.5 Å². The molecule has 1 saturated heterocycles. The average Bonchev–Trinajstić information content (AvgIpc) is 2.66. The number of hydrogen-bond donors (Lipinski definition) is 1. The summed E-state index contributed by atoms with van der Waals surface area (Å²) in [4.78, 5) is 25.0. The lowest BCUT2D eigenvalue weighted by molar-refractivity contribution is 0.0953. The van der Waals surface area contributed by atoms with Gasteiger partial charge in [0.2, 0.25) is 0 Å². The van der Waals surface area contributed by atoms with Crippen molar-refractivity contribution in [3.63, 3.8) is 0 Å². The van der Waals surface area contributed by atoms with Gasteiger partial charge in [-0.1, -0.05) is 18.2 Å². The van der Waals surface area contributed by atoms with E-state index in [-0.39, 0.29) is 5.91 Å². The molecule has 0 saturated carbocycles. The number of aryl methyl sites for hydroxylation is 1. The Morgan fingerprint density at radius 3 is 2.68 bits per heavy atom. The number of anilines is 2. The largest absolute Gasteiger partial charge is 0.368 e. The van der Waals surface area contributed by atoms with Gasteiger partial charge in [-0.3, -0.25) is 4.79 Å². The van der Waals surface area contributed by atoms with Crippen LogP contribution in [0.15, 0.2) is 49.3 Å². The smallest absolute Gasteiger partial charge is 0.270 e. The second kappa shape index (κ2) is 7.79. The Hall–Kier alpha value is -2.89. The number of benzene rings is 1. The van der Waals surface area contributed by atoms with Crippen molar-refractivity contribution >= 4 is 17.4 Å². The summed E-state index contributed by atoms with van der Waals surface area (Å²) in [5.41, 5.74) is 2.91. The fourth-order valence-corrected chi connectivity index (χ4v) is 2.92. The molecule has 130 valence electrons. The first kappa shape index (κ1) is 17.0. The summed E-state index contributed by atoms with van der Waals surface area (Å²) in [6.45, 7) is 9.69. The molecule has 6 heteroatoms. The first-order valence-electron chi connectivity index (χ1n) is 8.45. The van der Waals surface area contributed by atoms with Gasteiger partial charge in [-0.25, -0.2) is 9.97 Å². The number of carbonyl (C=O) groups is 1. The van der Waals surface area contributed by atoms with Crippen LogP contribution < -0.4 is 15.1 Å². The normalized spacial score (nSPS) is 14.3. The molecule has 25 heavy (non-hydrogen) atoms. The number of piperazine rings is 1. The highest BCUT2D eigenvalue weighted by Gasteiger charge is 2.19. The lowest BCUT2D eigenvalue weighted by Gasteiger charge is -2.36. The molecule has 1 fully saturated rings. The van der Waals surface area contributed by atoms with Gasteiger partial charge >= 0.3 is 0 Å². The number of nitrogens with zero attached hydrogens (tertiary/aromatic N) is 4. The Morgan fingerprint density at radius 1 is 1.20 bits per heavy atom. The summed E-state index contributed by atoms with van der Waals surface area (Å²) in [5.74, 6) is 0.588. The number of aromatic nitrogens is 2. The number of hydrogen-bond acceptors (Lipinski definition) is 5. The van der Waals surface area contributed by atoms with Crippen LogP contribution in [0.25, 0.3) is 0 Å². The zero-order chi connectivity index (χ0) is 17.6. The van der Waals surface area contributed by atoms with Crippen LogP contribution in [0.4, 0.5) is 11.5 Å². The van der Waals surface area contributed by atoms with E-state index in [0.717, 1.165) is 32.0 Å². The van der Waals surface area contributed by atoms with E-state index in [2.05, 4.69) is 62.9 Å². The Bertz CT molecular complexity index is 753. The van der Waals surface area contributed by atoms with Gasteiger partial charge in [0.1, 0.15) is 17.8 Å². The van der Waals surface area contributed by atoms with E-state index in [9.17, 15) is 4.79 Å². The Morgan fingerprint density at radius 2 is 1.96 bits per heavy atom. The molecule has 0 bridgehead atoms. The minimum Gasteiger partial charge on any atom is -0.368 e. The molecule has 1 amide bonds. The van der Waals surface area contributed by atoms with Crippen LogP contribution in [0.1, 0.15) is 16.1 Å². The third-order valence-electron chi connectivity index (χ3n) is 4.26. The fourth-order valence-electron chi connectivity index (χ4n) is 2.92. The van der Waals surface area contributed by atoms with Gasteiger partial charge in [-0.15, -0.1) is 6.58 Å². The van der Waals surface area contributed by atoms with E-state index < -0.39 is 0 Å². The summed E-state index contributed by atoms with van der Waals surface area (Å²) >= 11 is 0. The molecule has 0 spiro atoms. The summed E-state index contributed by atoms with van der Waals surface area (Å²) in [6.07, 6.45) is 3.09. The lowest BCUT2D eigenvalue weighted by atomic mass is 10.2. The molecular formula is C19H23N5O. The third-order valence-corrected chi connectivity index (χ3v) is 4.26. The van der Waals surface area contributed by atoms with Crippen LogP contribution in [-0.2, 0) is 0 Å². The first-order valence-corrected chi connectivity index (χ1v) is 8.45. The van der Waals surface area contributed by atoms with Crippen molar-refractivity contribution in [1.82, 2.24) is 15.3 Å². The van der Waals surface area contributed by atoms with Gasteiger partial charge in [-0.2, -0.15) is 0 Å². The van der Waals surface area contributed by atoms with E-state index in [1.807, 2.05) is 0 Å². The van der Waals surface area contributed by atoms with E-state index in [1.54, 1.807) is 12.1 Å². The van der Waals surface area contributed by atoms with Crippen LogP contribution in [0.3, 0.4) is 0 Å². The highest BCUT2D eigenvalue weighted by molar-refractivity contribution is 5.92. The second-order valence-corrected chi connectivity index (χ2v) is 6.07. The fraction of sp³-hybridized carbons (Fsp3) is 0.316. The predicted octanol–water partition coefficient (Wildman–Crippen LogP) is 2.03. The monoisotopic (exact) mass is 337 g/mol. The van der Waals surface area contributed by atoms with Gasteiger partial charge in [0.05, 0.1) is 0 Å². The van der Waals surface area contributed by atoms with Gasteiger partial charge in [0.25, 0.3) is 5.91 Å². The number of nitrogens with one attached hydrogen (secondary N) is 1. The Balaban J connectivity index is 1.65. The van der Waals surface area contributed by atoms with Crippen molar-refractivity contribution in [2.45, 2.75) is 6.92 Å². The highest BCUT2D eigenvalue weighted by Crippen LogP contribution is 2.20. The maximum absolute atomic E-state index is 12.0. The molecule has 1 aliphatic rings. The van der Waals surface area contributed by atoms with Gasteiger partial charge < -0.3 is 15.1 Å². The van der Waals surface area contributed by atoms with Gasteiger partial charge in [-0.05, 0) is 24.6 Å². The summed E-state index contributed by atoms with van der Waals surface area (Å²) in [6, 6.07) is 10.3. The third kappa shape index (κ3) is 4.15. The number of rotatable bonds is 5. The molecular weight excluding hydrogens is 314 g/mol. The van der Waals surface area contributed by atoms with Crippen molar-refractivity contribution in [2.24, 2.45) is 0 Å². The average molecular weight is 337 g/mol. The Kier molecular flexibility index (Phi) is 5.28. The molecule has 0 aliphatic carbocycles. The van der Waals surface area contributed by atoms with Crippen molar-refractivity contribution < 1.29 is 4.79 Å². The molecule has 1 aromatic heterocycles. The molecule has 0 radical (unpaired) electrons. The molecule has 6 nitrogen and oxygen atoms in total. The van der Waals surface area contributed by atoms with E-state index in [1.165, 1.54) is 17.6 Å². The first-order chi connectivity index (χ1) is 12.2. The van der Waals surface area contributed by atoms with Crippen LogP contribution in [-0.4, -0.2) is 48.6 Å². The molecule has 0 atom stereocenters. The van der Waals surface area contributed by atoms with Crippen molar-refractivity contribution in [1.29, 1.82) is 0 Å². The second-order valence-electron chi connectivity index (χ2n) is 6.07. The molecule has 2 aromatic rings. The van der Waals surface area contributed by atoms with E-state index in [0.29, 0.717) is 12.2 Å². The van der Waals surface area contributed by atoms with Crippen LogP contribution in [0, 0.1) is 6.92 Å². The standard InChI is InChI=1S/C19H23N5O/c1-3-7-20-19(25)17-13-18(22-14-21-17)24-10-8-23(9-11-24)16-6-4-5-15(2)12-16/h3-6,12-14H,1,7-11H2,2H3,(H,20,25). The number of amides is 1. The van der Waals surface area contributed by atoms with Crippen LogP contribution in [0.5, 0.6) is 0 Å². The summed E-state index contributed by atoms with van der Waals surface area (Å²) in [7, 11) is 0. The highest BCUT2D eigenvalue weighted by atomic mass is 16.1. The van der Waals surface area contributed by atoms with E-state index in [4.69, 9.17) is 0 Å². The molecule has 1 aromatic carbocycles. The summed E-state index contributed by atoms with van der Waals surface area (Å²) in [5, 5.41) is 2.74. The summed E-state index contributed by atoms with van der Waals surface area (Å²) < 4.78 is 0. The van der Waals surface area contributed by atoms with Gasteiger partial charge in [0, 0.05) is 44.5 Å². The van der Waals surface area contributed by atoms with Crippen molar-refractivity contribution in [3.8, 4) is 0 Å². The van der Waals surface area contributed by atoms with Gasteiger partial charge in [0.15, 0.2) is 0 Å². The molecule has 1 aliphatic heterocycles. The molecule has 1 N–H and O–H groups in total. The Labute approximate surface area is 148 Å². The zero-order valence-corrected chi connectivity index (χ0v) is 14.5. The van der Waals surface area contributed by atoms with Crippen molar-refractivity contribution in [3.05, 3.63) is 60.6 Å². The van der Waals surface area contributed by atoms with E-state index >= 15 is 0 Å². The maximum Gasteiger partial charge on any atom is 0.270 e. The zero-order valence-electron chi connectivity index (χ0n) is 14.5. The molecule has 0 unspecified atom stereocenters. The SMILES string of the molecule is C=CCNC(=O)c1cc(N2CCN(c3cccc(C)c3)CC2)ncn1. The quantitative estimate of drug-likeness (QED) is 0.846. The maximum atomic E-state index is 12.0. The minimum absolute atomic E-state index is 0.207. The van der Waals surface area contributed by atoms with Crippen LogP contribution >= 0.6 is 0 Å². The topological polar surface area (TPSA) is 61.4 Å².